The molecule has 348 valence electrons. The van der Waals surface area contributed by atoms with Gasteiger partial charge in [0.15, 0.2) is 0 Å². The maximum absolute atomic E-state index is 13.9. The van der Waals surface area contributed by atoms with E-state index in [1.807, 2.05) is 7.05 Å². The number of benzene rings is 4. The summed E-state index contributed by atoms with van der Waals surface area (Å²) < 4.78 is 6.39. The smallest absolute Gasteiger partial charge is 0.238 e. The van der Waals surface area contributed by atoms with Crippen LogP contribution in [0, 0.1) is 0 Å². The highest BCUT2D eigenvalue weighted by Gasteiger charge is 2.36. The van der Waals surface area contributed by atoms with E-state index in [9.17, 15) is 4.79 Å². The third kappa shape index (κ3) is 12.8. The lowest BCUT2D eigenvalue weighted by Crippen LogP contribution is -2.64. The fourth-order valence-corrected chi connectivity index (χ4v) is 9.19. The summed E-state index contributed by atoms with van der Waals surface area (Å²) in [4.78, 5) is 25.6. The number of hydrogen-bond acceptors (Lipinski definition) is 7. The largest absolute Gasteiger partial charge is 0.492 e. The van der Waals surface area contributed by atoms with Crippen molar-refractivity contribution in [3.63, 3.8) is 0 Å². The highest BCUT2D eigenvalue weighted by atomic mass is 16.5. The number of rotatable bonds is 15. The summed E-state index contributed by atoms with van der Waals surface area (Å²) in [5.41, 5.74) is 11.7. The number of hydrogen-bond donors (Lipinski definition) is 1. The van der Waals surface area contributed by atoms with Crippen LogP contribution in [-0.4, -0.2) is 110 Å². The topological polar surface area (TPSA) is 54.5 Å². The Hall–Kier alpha value is -4.05. The molecule has 0 radical (unpaired) electrons. The SMILES string of the molecule is CNCc1cc(OCCN(C)Cc2cc(C(C)(C)C)cc(C(C)(C)c3ccc(CN4CCN(C)CC4N4CCN(Cc5cccc(C(C)(C)C)c5)CC4=O)cc3)c2)cc(C(C)(C)C)c1. The summed E-state index contributed by atoms with van der Waals surface area (Å²) in [6, 6.07) is 32.1. The first-order valence-corrected chi connectivity index (χ1v) is 23.9. The van der Waals surface area contributed by atoms with Crippen molar-refractivity contribution in [2.75, 3.05) is 73.6 Å². The van der Waals surface area contributed by atoms with Crippen molar-refractivity contribution < 1.29 is 9.53 Å². The van der Waals surface area contributed by atoms with Gasteiger partial charge in [0.2, 0.25) is 5.91 Å². The molecule has 64 heavy (non-hydrogen) atoms. The van der Waals surface area contributed by atoms with Gasteiger partial charge in [0.1, 0.15) is 12.4 Å². The number of likely N-dealkylation sites (N-methyl/N-ethyl adjacent to an activating group) is 2. The molecule has 1 N–H and O–H groups in total. The van der Waals surface area contributed by atoms with E-state index in [-0.39, 0.29) is 33.7 Å². The van der Waals surface area contributed by atoms with Gasteiger partial charge in [0, 0.05) is 70.9 Å². The molecule has 4 aromatic rings. The predicted molar refractivity (Wildman–Crippen MR) is 267 cm³/mol. The maximum atomic E-state index is 13.9. The quantitative estimate of drug-likeness (QED) is 0.128. The minimum atomic E-state index is -0.199. The third-order valence-electron chi connectivity index (χ3n) is 13.6. The van der Waals surface area contributed by atoms with Gasteiger partial charge in [-0.3, -0.25) is 19.5 Å². The van der Waals surface area contributed by atoms with E-state index in [2.05, 4.69) is 205 Å². The van der Waals surface area contributed by atoms with Crippen LogP contribution in [-0.2, 0) is 52.6 Å². The molecule has 2 fully saturated rings. The van der Waals surface area contributed by atoms with E-state index in [1.54, 1.807) is 0 Å². The second kappa shape index (κ2) is 20.2. The molecule has 1 atom stereocenters. The van der Waals surface area contributed by atoms with Crippen molar-refractivity contribution in [3.05, 3.63) is 135 Å². The van der Waals surface area contributed by atoms with Gasteiger partial charge in [-0.05, 0) is 99.6 Å². The molecule has 0 spiro atoms. The zero-order chi connectivity index (χ0) is 46.6. The van der Waals surface area contributed by atoms with Crippen LogP contribution in [0.15, 0.2) is 84.9 Å². The molecule has 1 amide bonds. The molecule has 0 saturated carbocycles. The molecule has 8 nitrogen and oxygen atoms in total. The number of amides is 1. The molecule has 2 aliphatic rings. The summed E-state index contributed by atoms with van der Waals surface area (Å²) in [6.45, 7) is 34.9. The minimum absolute atomic E-state index is 0.0145. The Morgan fingerprint density at radius 3 is 1.95 bits per heavy atom. The molecule has 0 bridgehead atoms. The fraction of sp³-hybridized carbons (Fsp3) is 0.554. The van der Waals surface area contributed by atoms with Gasteiger partial charge in [-0.1, -0.05) is 149 Å². The molecule has 0 aliphatic carbocycles. The minimum Gasteiger partial charge on any atom is -0.492 e. The molecular formula is C56H82N6O2. The monoisotopic (exact) mass is 871 g/mol. The van der Waals surface area contributed by atoms with Crippen LogP contribution in [0.4, 0.5) is 0 Å². The van der Waals surface area contributed by atoms with Crippen molar-refractivity contribution in [3.8, 4) is 5.75 Å². The standard InChI is InChI=1S/C56H82N6O2/c1-53(2,3)46-17-15-16-42(28-46)37-60-23-25-62(52(63)40-60)51-39-58(13)22-24-61(51)38-41-18-20-45(21-19-41)56(10,11)49-31-44(30-47(33-49)54(4,5)6)36-59(14)26-27-64-50-32-43(35-57-12)29-48(34-50)55(7,8)9/h15-21,28-34,51,57H,22-27,35-40H2,1-14H3. The van der Waals surface area contributed by atoms with Gasteiger partial charge < -0.3 is 19.9 Å². The van der Waals surface area contributed by atoms with E-state index in [0.29, 0.717) is 13.2 Å². The number of nitrogens with one attached hydrogen (secondary N) is 1. The Kier molecular flexibility index (Phi) is 15.6. The van der Waals surface area contributed by atoms with Crippen LogP contribution in [0.2, 0.25) is 0 Å². The Morgan fingerprint density at radius 2 is 1.30 bits per heavy atom. The average Bonchev–Trinajstić information content (AvgIpc) is 3.21. The van der Waals surface area contributed by atoms with Gasteiger partial charge in [-0.15, -0.1) is 0 Å². The molecule has 1 unspecified atom stereocenters. The van der Waals surface area contributed by atoms with Crippen LogP contribution < -0.4 is 10.1 Å². The van der Waals surface area contributed by atoms with E-state index < -0.39 is 0 Å². The number of piperazine rings is 2. The summed E-state index contributed by atoms with van der Waals surface area (Å²) in [5.74, 6) is 1.18. The van der Waals surface area contributed by atoms with Crippen LogP contribution >= 0.6 is 0 Å². The van der Waals surface area contributed by atoms with Crippen LogP contribution in [0.1, 0.15) is 126 Å². The first-order valence-electron chi connectivity index (χ1n) is 23.9. The van der Waals surface area contributed by atoms with Crippen molar-refractivity contribution in [1.82, 2.24) is 29.8 Å². The zero-order valence-electron chi connectivity index (χ0n) is 42.2. The van der Waals surface area contributed by atoms with Gasteiger partial charge in [-0.25, -0.2) is 0 Å². The van der Waals surface area contributed by atoms with Crippen molar-refractivity contribution in [2.24, 2.45) is 0 Å². The van der Waals surface area contributed by atoms with Gasteiger partial charge in [-0.2, -0.15) is 0 Å². The van der Waals surface area contributed by atoms with Crippen molar-refractivity contribution in [2.45, 2.75) is 130 Å². The fourth-order valence-electron chi connectivity index (χ4n) is 9.19. The Balaban J connectivity index is 1.11. The molecule has 2 heterocycles. The number of ether oxygens (including phenoxy) is 1. The summed E-state index contributed by atoms with van der Waals surface area (Å²) in [5, 5.41) is 3.29. The van der Waals surface area contributed by atoms with Gasteiger partial charge >= 0.3 is 0 Å². The number of carbonyl (C=O) groups excluding carboxylic acids is 1. The Labute approximate surface area is 388 Å². The summed E-state index contributed by atoms with van der Waals surface area (Å²) >= 11 is 0. The van der Waals surface area contributed by atoms with Crippen LogP contribution in [0.25, 0.3) is 0 Å². The number of carbonyl (C=O) groups is 1. The van der Waals surface area contributed by atoms with E-state index in [1.165, 1.54) is 50.1 Å². The first-order chi connectivity index (χ1) is 30.0. The molecule has 6 rings (SSSR count). The summed E-state index contributed by atoms with van der Waals surface area (Å²) in [7, 11) is 6.37. The second-order valence-electron chi connectivity index (χ2n) is 22.7. The zero-order valence-corrected chi connectivity index (χ0v) is 42.2. The molecular weight excluding hydrogens is 789 g/mol. The third-order valence-corrected chi connectivity index (χ3v) is 13.6. The molecule has 2 saturated heterocycles. The first kappa shape index (κ1) is 49.4. The maximum Gasteiger partial charge on any atom is 0.238 e. The lowest BCUT2D eigenvalue weighted by atomic mass is 9.74. The highest BCUT2D eigenvalue weighted by Crippen LogP contribution is 2.36. The number of nitrogens with zero attached hydrogens (tertiary/aromatic N) is 5. The Bertz CT molecular complexity index is 2180. The lowest BCUT2D eigenvalue weighted by Gasteiger charge is -2.48. The van der Waals surface area contributed by atoms with Crippen LogP contribution in [0.5, 0.6) is 5.75 Å². The second-order valence-corrected chi connectivity index (χ2v) is 22.7. The van der Waals surface area contributed by atoms with E-state index >= 15 is 0 Å². The van der Waals surface area contributed by atoms with E-state index in [0.717, 1.165) is 71.2 Å². The molecule has 0 aromatic heterocycles. The molecule has 2 aliphatic heterocycles. The van der Waals surface area contributed by atoms with Crippen LogP contribution in [0.3, 0.4) is 0 Å². The van der Waals surface area contributed by atoms with Crippen molar-refractivity contribution in [1.29, 1.82) is 0 Å². The van der Waals surface area contributed by atoms with Crippen molar-refractivity contribution >= 4 is 5.91 Å². The van der Waals surface area contributed by atoms with Gasteiger partial charge in [0.05, 0.1) is 12.7 Å². The van der Waals surface area contributed by atoms with E-state index in [4.69, 9.17) is 4.74 Å². The molecule has 8 heteroatoms. The lowest BCUT2D eigenvalue weighted by molar-refractivity contribution is -0.147. The average molecular weight is 871 g/mol. The Morgan fingerprint density at radius 1 is 0.656 bits per heavy atom. The summed E-state index contributed by atoms with van der Waals surface area (Å²) in [6.07, 6.45) is 0.0628. The van der Waals surface area contributed by atoms with Gasteiger partial charge in [0.25, 0.3) is 0 Å². The molecule has 4 aromatic carbocycles. The predicted octanol–water partition coefficient (Wildman–Crippen LogP) is 9.55. The normalized spacial score (nSPS) is 17.7. The highest BCUT2D eigenvalue weighted by molar-refractivity contribution is 5.79.